The molecule has 1 aliphatic rings. The molecule has 2 N–H and O–H groups in total. The van der Waals surface area contributed by atoms with Crippen LogP contribution >= 0.6 is 0 Å². The maximum absolute atomic E-state index is 12.8. The third kappa shape index (κ3) is 4.38. The molecule has 1 aliphatic heterocycles. The Labute approximate surface area is 160 Å². The number of amides is 2. The molecule has 3 rings (SSSR count). The average Bonchev–Trinajstić information content (AvgIpc) is 3.06. The number of anilines is 1. The van der Waals surface area contributed by atoms with Crippen molar-refractivity contribution in [2.45, 2.75) is 53.0 Å². The summed E-state index contributed by atoms with van der Waals surface area (Å²) < 4.78 is 1.91. The maximum Gasteiger partial charge on any atom is 0.287 e. The molecule has 0 unspecified atom stereocenters. The number of benzene rings is 1. The van der Waals surface area contributed by atoms with Crippen molar-refractivity contribution in [3.63, 3.8) is 0 Å². The molecule has 0 radical (unpaired) electrons. The molecule has 0 atom stereocenters. The number of fused-ring (bicyclic) bond motifs is 1. The summed E-state index contributed by atoms with van der Waals surface area (Å²) in [6.07, 6.45) is 3.72. The van der Waals surface area contributed by atoms with E-state index in [4.69, 9.17) is 0 Å². The first-order valence-electron chi connectivity index (χ1n) is 9.77. The molecule has 0 saturated heterocycles. The van der Waals surface area contributed by atoms with Gasteiger partial charge in [0.15, 0.2) is 11.5 Å². The summed E-state index contributed by atoms with van der Waals surface area (Å²) in [6.45, 7) is 7.50. The van der Waals surface area contributed by atoms with E-state index in [9.17, 15) is 9.59 Å². The minimum atomic E-state index is -0.257. The van der Waals surface area contributed by atoms with Crippen molar-refractivity contribution in [3.05, 3.63) is 47.0 Å². The number of hydrogen-bond donors (Lipinski definition) is 2. The van der Waals surface area contributed by atoms with Crippen LogP contribution < -0.4 is 10.6 Å². The zero-order valence-electron chi connectivity index (χ0n) is 16.3. The van der Waals surface area contributed by atoms with Crippen LogP contribution in [0.1, 0.15) is 66.0 Å². The molecule has 1 aromatic carbocycles. The van der Waals surface area contributed by atoms with E-state index in [1.54, 1.807) is 0 Å². The molecule has 2 heterocycles. The van der Waals surface area contributed by atoms with E-state index in [2.05, 4.69) is 22.5 Å². The quantitative estimate of drug-likeness (QED) is 0.820. The average molecular weight is 368 g/mol. The van der Waals surface area contributed by atoms with Crippen LogP contribution in [0.3, 0.4) is 0 Å². The van der Waals surface area contributed by atoms with Crippen LogP contribution in [0.4, 0.5) is 5.69 Å². The third-order valence-corrected chi connectivity index (χ3v) is 4.83. The van der Waals surface area contributed by atoms with Crippen LogP contribution in [-0.2, 0) is 19.4 Å². The van der Waals surface area contributed by atoms with Gasteiger partial charge in [0.25, 0.3) is 11.8 Å². The third-order valence-electron chi connectivity index (χ3n) is 4.83. The van der Waals surface area contributed by atoms with Gasteiger partial charge in [-0.05, 0) is 49.3 Å². The van der Waals surface area contributed by atoms with E-state index in [0.29, 0.717) is 24.0 Å². The molecule has 0 spiro atoms. The lowest BCUT2D eigenvalue weighted by Gasteiger charge is -2.17. The van der Waals surface area contributed by atoms with Gasteiger partial charge in [0.05, 0.1) is 5.69 Å². The molecule has 0 aliphatic carbocycles. The molecule has 27 heavy (non-hydrogen) atoms. The van der Waals surface area contributed by atoms with Crippen LogP contribution in [0.5, 0.6) is 0 Å². The Morgan fingerprint density at radius 3 is 2.56 bits per heavy atom. The van der Waals surface area contributed by atoms with Gasteiger partial charge in [0.1, 0.15) is 0 Å². The zero-order chi connectivity index (χ0) is 19.4. The molecule has 6 heteroatoms. The number of aromatic nitrogens is 2. The van der Waals surface area contributed by atoms with Gasteiger partial charge in [-0.15, -0.1) is 0 Å². The Hall–Kier alpha value is -2.63. The van der Waals surface area contributed by atoms with Crippen molar-refractivity contribution in [1.82, 2.24) is 14.9 Å². The number of aryl methyl sites for hydroxylation is 1. The summed E-state index contributed by atoms with van der Waals surface area (Å²) in [4.78, 5) is 29.8. The van der Waals surface area contributed by atoms with Gasteiger partial charge >= 0.3 is 0 Å². The monoisotopic (exact) mass is 368 g/mol. The van der Waals surface area contributed by atoms with Gasteiger partial charge in [-0.25, -0.2) is 4.98 Å². The fourth-order valence-corrected chi connectivity index (χ4v) is 3.29. The van der Waals surface area contributed by atoms with Gasteiger partial charge < -0.3 is 15.2 Å². The van der Waals surface area contributed by atoms with Crippen molar-refractivity contribution in [3.8, 4) is 0 Å². The lowest BCUT2D eigenvalue weighted by molar-refractivity contribution is 0.0933. The molecule has 0 fully saturated rings. The molecule has 1 aromatic heterocycles. The smallest absolute Gasteiger partial charge is 0.287 e. The Morgan fingerprint density at radius 1 is 1.15 bits per heavy atom. The standard InChI is InChI=1S/C21H28N4O2/c1-4-15-8-10-16(11-9-15)23-20(26)18-17-7-5-6-12-25(17)19(24-18)21(27)22-13-14(2)3/h8-11,14H,4-7,12-13H2,1-3H3,(H,22,27)(H,23,26). The fraction of sp³-hybridized carbons (Fsp3) is 0.476. The normalized spacial score (nSPS) is 13.3. The minimum Gasteiger partial charge on any atom is -0.349 e. The van der Waals surface area contributed by atoms with E-state index in [1.165, 1.54) is 5.56 Å². The van der Waals surface area contributed by atoms with Crippen molar-refractivity contribution in [2.75, 3.05) is 11.9 Å². The van der Waals surface area contributed by atoms with Gasteiger partial charge in [0.2, 0.25) is 0 Å². The topological polar surface area (TPSA) is 76.0 Å². The number of imidazole rings is 1. The second-order valence-electron chi connectivity index (χ2n) is 7.45. The lowest BCUT2D eigenvalue weighted by Crippen LogP contribution is -2.30. The molecule has 6 nitrogen and oxygen atoms in total. The molecular formula is C21H28N4O2. The van der Waals surface area contributed by atoms with E-state index in [-0.39, 0.29) is 11.8 Å². The second-order valence-corrected chi connectivity index (χ2v) is 7.45. The van der Waals surface area contributed by atoms with Crippen molar-refractivity contribution < 1.29 is 9.59 Å². The predicted octanol–water partition coefficient (Wildman–Crippen LogP) is 3.42. The Kier molecular flexibility index (Phi) is 5.94. The fourth-order valence-electron chi connectivity index (χ4n) is 3.29. The molecule has 2 amide bonds. The first-order chi connectivity index (χ1) is 13.0. The number of rotatable bonds is 6. The van der Waals surface area contributed by atoms with Crippen LogP contribution in [-0.4, -0.2) is 27.9 Å². The summed E-state index contributed by atoms with van der Waals surface area (Å²) in [6, 6.07) is 7.80. The summed E-state index contributed by atoms with van der Waals surface area (Å²) >= 11 is 0. The first kappa shape index (κ1) is 19.1. The zero-order valence-corrected chi connectivity index (χ0v) is 16.3. The molecule has 144 valence electrons. The Balaban J connectivity index is 1.83. The molecular weight excluding hydrogens is 340 g/mol. The number of nitrogens with one attached hydrogen (secondary N) is 2. The lowest BCUT2D eigenvalue weighted by atomic mass is 10.1. The van der Waals surface area contributed by atoms with Gasteiger partial charge in [-0.3, -0.25) is 9.59 Å². The van der Waals surface area contributed by atoms with Crippen molar-refractivity contribution >= 4 is 17.5 Å². The Bertz CT molecular complexity index is 821. The predicted molar refractivity (Wildman–Crippen MR) is 106 cm³/mol. The number of nitrogens with zero attached hydrogens (tertiary/aromatic N) is 2. The van der Waals surface area contributed by atoms with E-state index < -0.39 is 0 Å². The van der Waals surface area contributed by atoms with Gasteiger partial charge in [-0.1, -0.05) is 32.9 Å². The summed E-state index contributed by atoms with van der Waals surface area (Å²) in [5, 5.41) is 5.82. The number of hydrogen-bond acceptors (Lipinski definition) is 3. The van der Waals surface area contributed by atoms with Gasteiger partial charge in [0, 0.05) is 18.8 Å². The highest BCUT2D eigenvalue weighted by Gasteiger charge is 2.27. The van der Waals surface area contributed by atoms with Crippen molar-refractivity contribution in [1.29, 1.82) is 0 Å². The van der Waals surface area contributed by atoms with E-state index >= 15 is 0 Å². The van der Waals surface area contributed by atoms with Crippen LogP contribution in [0.25, 0.3) is 0 Å². The highest BCUT2D eigenvalue weighted by Crippen LogP contribution is 2.22. The molecule has 0 saturated carbocycles. The highest BCUT2D eigenvalue weighted by molar-refractivity contribution is 6.05. The largest absolute Gasteiger partial charge is 0.349 e. The highest BCUT2D eigenvalue weighted by atomic mass is 16.2. The van der Waals surface area contributed by atoms with E-state index in [0.717, 1.165) is 43.6 Å². The number of carbonyl (C=O) groups excluding carboxylic acids is 2. The summed E-state index contributed by atoms with van der Waals surface area (Å²) in [5.41, 5.74) is 3.18. The van der Waals surface area contributed by atoms with Crippen LogP contribution in [0.2, 0.25) is 0 Å². The van der Waals surface area contributed by atoms with Gasteiger partial charge in [-0.2, -0.15) is 0 Å². The van der Waals surface area contributed by atoms with Crippen molar-refractivity contribution in [2.24, 2.45) is 5.92 Å². The summed E-state index contributed by atoms with van der Waals surface area (Å²) in [5.74, 6) is 0.237. The summed E-state index contributed by atoms with van der Waals surface area (Å²) in [7, 11) is 0. The molecule has 0 bridgehead atoms. The van der Waals surface area contributed by atoms with E-state index in [1.807, 2.05) is 42.7 Å². The minimum absolute atomic E-state index is 0.210. The second kappa shape index (κ2) is 8.37. The SMILES string of the molecule is CCc1ccc(NC(=O)c2nc(C(=O)NCC(C)C)n3c2CCCC3)cc1. The number of carbonyl (C=O) groups is 2. The van der Waals surface area contributed by atoms with Crippen LogP contribution in [0.15, 0.2) is 24.3 Å². The van der Waals surface area contributed by atoms with Crippen LogP contribution in [0, 0.1) is 5.92 Å². The molecule has 2 aromatic rings. The maximum atomic E-state index is 12.8. The first-order valence-corrected chi connectivity index (χ1v) is 9.77. The Morgan fingerprint density at radius 2 is 1.89 bits per heavy atom.